The quantitative estimate of drug-likeness (QED) is 0.861. The third-order valence-electron chi connectivity index (χ3n) is 3.72. The summed E-state index contributed by atoms with van der Waals surface area (Å²) in [6.45, 7) is 2.02. The van der Waals surface area contributed by atoms with E-state index in [9.17, 15) is 4.79 Å². The second-order valence-corrected chi connectivity index (χ2v) is 5.33. The molecule has 2 atom stereocenters. The number of hydrogen-bond acceptors (Lipinski definition) is 2. The van der Waals surface area contributed by atoms with Crippen molar-refractivity contribution in [3.8, 4) is 0 Å². The molecule has 3 N–H and O–H groups in total. The van der Waals surface area contributed by atoms with E-state index in [0.717, 1.165) is 24.1 Å². The third-order valence-corrected chi connectivity index (χ3v) is 3.72. The molecule has 1 aliphatic carbocycles. The lowest BCUT2D eigenvalue weighted by Crippen LogP contribution is -2.35. The van der Waals surface area contributed by atoms with E-state index in [2.05, 4.69) is 5.32 Å². The average molecular weight is 246 g/mol. The molecular formula is C15H22N2O. The number of carbonyl (C=O) groups is 1. The van der Waals surface area contributed by atoms with Crippen LogP contribution in [0.25, 0.3) is 0 Å². The fourth-order valence-corrected chi connectivity index (χ4v) is 2.66. The Morgan fingerprint density at radius 3 is 2.89 bits per heavy atom. The minimum atomic E-state index is 0.0861. The van der Waals surface area contributed by atoms with Crippen LogP contribution in [0.3, 0.4) is 0 Å². The van der Waals surface area contributed by atoms with Crippen LogP contribution in [0.2, 0.25) is 0 Å². The Kier molecular flexibility index (Phi) is 4.37. The molecule has 0 heterocycles. The fourth-order valence-electron chi connectivity index (χ4n) is 2.66. The van der Waals surface area contributed by atoms with Gasteiger partial charge in [0.25, 0.3) is 0 Å². The molecule has 1 aliphatic rings. The second-order valence-electron chi connectivity index (χ2n) is 5.33. The number of amides is 1. The van der Waals surface area contributed by atoms with Gasteiger partial charge in [0.15, 0.2) is 0 Å². The maximum atomic E-state index is 12.0. The molecule has 1 saturated carbocycles. The van der Waals surface area contributed by atoms with Gasteiger partial charge in [-0.3, -0.25) is 4.79 Å². The Balaban J connectivity index is 1.88. The van der Waals surface area contributed by atoms with Crippen molar-refractivity contribution in [1.82, 2.24) is 0 Å². The van der Waals surface area contributed by atoms with Gasteiger partial charge in [-0.05, 0) is 43.4 Å². The Morgan fingerprint density at radius 2 is 2.17 bits per heavy atom. The van der Waals surface area contributed by atoms with Crippen molar-refractivity contribution in [1.29, 1.82) is 0 Å². The van der Waals surface area contributed by atoms with Gasteiger partial charge in [0.1, 0.15) is 0 Å². The van der Waals surface area contributed by atoms with Crippen LogP contribution < -0.4 is 11.1 Å². The molecule has 3 nitrogen and oxygen atoms in total. The maximum Gasteiger partial charge on any atom is 0.224 e. The molecule has 0 radical (unpaired) electrons. The van der Waals surface area contributed by atoms with Gasteiger partial charge in [-0.25, -0.2) is 0 Å². The molecule has 2 unspecified atom stereocenters. The highest BCUT2D eigenvalue weighted by atomic mass is 16.1. The molecule has 0 spiro atoms. The van der Waals surface area contributed by atoms with Crippen LogP contribution in [0.1, 0.15) is 37.7 Å². The summed E-state index contributed by atoms with van der Waals surface area (Å²) in [5.74, 6) is 0.437. The van der Waals surface area contributed by atoms with Gasteiger partial charge in [-0.2, -0.15) is 0 Å². The molecule has 0 aliphatic heterocycles. The zero-order chi connectivity index (χ0) is 13.0. The van der Waals surface area contributed by atoms with E-state index in [-0.39, 0.29) is 11.9 Å². The summed E-state index contributed by atoms with van der Waals surface area (Å²) in [6, 6.07) is 8.08. The largest absolute Gasteiger partial charge is 0.327 e. The van der Waals surface area contributed by atoms with Gasteiger partial charge < -0.3 is 11.1 Å². The van der Waals surface area contributed by atoms with Crippen molar-refractivity contribution in [3.63, 3.8) is 0 Å². The van der Waals surface area contributed by atoms with E-state index in [0.29, 0.717) is 12.3 Å². The predicted molar refractivity (Wildman–Crippen MR) is 74.4 cm³/mol. The summed E-state index contributed by atoms with van der Waals surface area (Å²) in [7, 11) is 0. The van der Waals surface area contributed by atoms with Crippen LogP contribution in [0.15, 0.2) is 24.3 Å². The zero-order valence-electron chi connectivity index (χ0n) is 11.0. The lowest BCUT2D eigenvalue weighted by atomic mass is 9.83. The lowest BCUT2D eigenvalue weighted by Gasteiger charge is -2.27. The SMILES string of the molecule is Cc1cccc(NC(=O)CC2CCCCC2N)c1. The van der Waals surface area contributed by atoms with E-state index in [4.69, 9.17) is 5.73 Å². The first-order valence-electron chi connectivity index (χ1n) is 6.77. The second kappa shape index (κ2) is 6.01. The molecule has 1 aromatic carbocycles. The number of anilines is 1. The van der Waals surface area contributed by atoms with Gasteiger partial charge in [-0.1, -0.05) is 25.0 Å². The summed E-state index contributed by atoms with van der Waals surface area (Å²) in [5.41, 5.74) is 8.10. The molecular weight excluding hydrogens is 224 g/mol. The zero-order valence-corrected chi connectivity index (χ0v) is 11.0. The first-order chi connectivity index (χ1) is 8.65. The minimum absolute atomic E-state index is 0.0861. The van der Waals surface area contributed by atoms with Gasteiger partial charge in [0.05, 0.1) is 0 Å². The highest BCUT2D eigenvalue weighted by Gasteiger charge is 2.24. The molecule has 1 fully saturated rings. The van der Waals surface area contributed by atoms with Crippen molar-refractivity contribution in [2.75, 3.05) is 5.32 Å². The van der Waals surface area contributed by atoms with Crippen LogP contribution in [0.5, 0.6) is 0 Å². The van der Waals surface area contributed by atoms with E-state index in [1.807, 2.05) is 31.2 Å². The molecule has 3 heteroatoms. The number of nitrogens with two attached hydrogens (primary N) is 1. The number of carbonyl (C=O) groups excluding carboxylic acids is 1. The normalized spacial score (nSPS) is 23.7. The standard InChI is InChI=1S/C15H22N2O/c1-11-5-4-7-13(9-11)17-15(18)10-12-6-2-3-8-14(12)16/h4-5,7,9,12,14H,2-3,6,8,10,16H2,1H3,(H,17,18). The number of benzene rings is 1. The Labute approximate surface area is 109 Å². The first kappa shape index (κ1) is 13.1. The Bertz CT molecular complexity index is 417. The van der Waals surface area contributed by atoms with E-state index in [1.54, 1.807) is 0 Å². The van der Waals surface area contributed by atoms with Crippen molar-refractivity contribution >= 4 is 11.6 Å². The summed E-state index contributed by atoms with van der Waals surface area (Å²) < 4.78 is 0. The number of rotatable bonds is 3. The van der Waals surface area contributed by atoms with Crippen LogP contribution in [0, 0.1) is 12.8 Å². The van der Waals surface area contributed by atoms with Gasteiger partial charge in [-0.15, -0.1) is 0 Å². The van der Waals surface area contributed by atoms with E-state index in [1.165, 1.54) is 12.8 Å². The Hall–Kier alpha value is -1.35. The van der Waals surface area contributed by atoms with Gasteiger partial charge >= 0.3 is 0 Å². The summed E-state index contributed by atoms with van der Waals surface area (Å²) >= 11 is 0. The molecule has 18 heavy (non-hydrogen) atoms. The summed E-state index contributed by atoms with van der Waals surface area (Å²) in [6.07, 6.45) is 5.10. The number of hydrogen-bond donors (Lipinski definition) is 2. The lowest BCUT2D eigenvalue weighted by molar-refractivity contribution is -0.117. The van der Waals surface area contributed by atoms with Crippen LogP contribution in [0.4, 0.5) is 5.69 Å². The molecule has 2 rings (SSSR count). The fraction of sp³-hybridized carbons (Fsp3) is 0.533. The topological polar surface area (TPSA) is 55.1 Å². The Morgan fingerprint density at radius 1 is 1.39 bits per heavy atom. The predicted octanol–water partition coefficient (Wildman–Crippen LogP) is 2.84. The van der Waals surface area contributed by atoms with Gasteiger partial charge in [0, 0.05) is 18.2 Å². The summed E-state index contributed by atoms with van der Waals surface area (Å²) in [5, 5.41) is 2.96. The molecule has 0 bridgehead atoms. The number of aryl methyl sites for hydroxylation is 1. The van der Waals surface area contributed by atoms with Crippen molar-refractivity contribution < 1.29 is 4.79 Å². The van der Waals surface area contributed by atoms with Crippen molar-refractivity contribution in [3.05, 3.63) is 29.8 Å². The van der Waals surface area contributed by atoms with Crippen LogP contribution >= 0.6 is 0 Å². The van der Waals surface area contributed by atoms with Crippen LogP contribution in [-0.2, 0) is 4.79 Å². The van der Waals surface area contributed by atoms with Gasteiger partial charge in [0.2, 0.25) is 5.91 Å². The average Bonchev–Trinajstić information content (AvgIpc) is 2.32. The number of nitrogens with one attached hydrogen (secondary N) is 1. The minimum Gasteiger partial charge on any atom is -0.327 e. The molecule has 98 valence electrons. The first-order valence-corrected chi connectivity index (χ1v) is 6.77. The smallest absolute Gasteiger partial charge is 0.224 e. The van der Waals surface area contributed by atoms with Crippen LogP contribution in [-0.4, -0.2) is 11.9 Å². The molecule has 1 amide bonds. The maximum absolute atomic E-state index is 12.0. The highest BCUT2D eigenvalue weighted by Crippen LogP contribution is 2.26. The van der Waals surface area contributed by atoms with E-state index < -0.39 is 0 Å². The van der Waals surface area contributed by atoms with Crippen molar-refractivity contribution in [2.24, 2.45) is 11.7 Å². The third kappa shape index (κ3) is 3.57. The van der Waals surface area contributed by atoms with Crippen molar-refractivity contribution in [2.45, 2.75) is 45.1 Å². The molecule has 0 aromatic heterocycles. The molecule has 0 saturated heterocycles. The monoisotopic (exact) mass is 246 g/mol. The molecule has 1 aromatic rings. The summed E-state index contributed by atoms with van der Waals surface area (Å²) in [4.78, 5) is 12.0. The highest BCUT2D eigenvalue weighted by molar-refractivity contribution is 5.90. The van der Waals surface area contributed by atoms with E-state index >= 15 is 0 Å².